The Labute approximate surface area is 204 Å². The number of aromatic nitrogens is 1. The summed E-state index contributed by atoms with van der Waals surface area (Å²) in [5, 5.41) is 9.89. The number of ether oxygens (including phenoxy) is 2. The maximum atomic E-state index is 12.1. The first-order chi connectivity index (χ1) is 16.0. The summed E-state index contributed by atoms with van der Waals surface area (Å²) in [5.74, 6) is -0.721. The van der Waals surface area contributed by atoms with Crippen molar-refractivity contribution in [1.82, 2.24) is 4.37 Å². The average Bonchev–Trinajstić information content (AvgIpc) is 3.15. The number of nitrogens with zero attached hydrogens (tertiary/aromatic N) is 3. The van der Waals surface area contributed by atoms with Crippen LogP contribution in [0.15, 0.2) is 36.4 Å². The molecule has 0 aliphatic carbocycles. The highest BCUT2D eigenvalue weighted by molar-refractivity contribution is 7.10. The fourth-order valence-electron chi connectivity index (χ4n) is 2.68. The molecule has 0 aliphatic rings. The van der Waals surface area contributed by atoms with E-state index in [1.54, 1.807) is 34.6 Å². The number of rotatable bonds is 11. The normalized spacial score (nSPS) is 10.7. The molecule has 10 heteroatoms. The summed E-state index contributed by atoms with van der Waals surface area (Å²) in [4.78, 5) is 25.8. The topological polar surface area (TPSA) is 117 Å². The third-order valence-electron chi connectivity index (χ3n) is 4.68. The van der Waals surface area contributed by atoms with Gasteiger partial charge in [0.25, 0.3) is 0 Å². The van der Waals surface area contributed by atoms with E-state index in [1.807, 2.05) is 29.2 Å². The van der Waals surface area contributed by atoms with Crippen LogP contribution >= 0.6 is 11.5 Å². The highest BCUT2D eigenvalue weighted by atomic mass is 32.1. The van der Waals surface area contributed by atoms with Crippen LogP contribution in [-0.4, -0.2) is 42.6 Å². The zero-order valence-electron chi connectivity index (χ0n) is 20.2. The SMILES string of the molecule is C=C(C)C(=O)OCCN(CCOC(=O)C(C)(C)C)c1ccc(NNc2snc(C)c2C#N)cc1. The molecule has 2 rings (SSSR count). The molecular weight excluding hydrogens is 454 g/mol. The van der Waals surface area contributed by atoms with Crippen LogP contribution in [0.25, 0.3) is 0 Å². The first-order valence-corrected chi connectivity index (χ1v) is 11.5. The zero-order valence-corrected chi connectivity index (χ0v) is 21.0. The second-order valence-corrected chi connectivity index (χ2v) is 9.44. The minimum absolute atomic E-state index is 0.169. The lowest BCUT2D eigenvalue weighted by Crippen LogP contribution is -2.33. The average molecular weight is 486 g/mol. The monoisotopic (exact) mass is 485 g/mol. The number of hydrogen-bond donors (Lipinski definition) is 2. The molecular formula is C24H31N5O4S. The van der Waals surface area contributed by atoms with Gasteiger partial charge in [0.2, 0.25) is 0 Å². The van der Waals surface area contributed by atoms with E-state index in [9.17, 15) is 14.9 Å². The predicted octanol–water partition coefficient (Wildman–Crippen LogP) is 4.28. The number of anilines is 3. The van der Waals surface area contributed by atoms with E-state index in [1.165, 1.54) is 11.5 Å². The molecule has 0 unspecified atom stereocenters. The lowest BCUT2D eigenvalue weighted by atomic mass is 9.97. The van der Waals surface area contributed by atoms with Gasteiger partial charge in [-0.1, -0.05) is 6.58 Å². The van der Waals surface area contributed by atoms with Crippen LogP contribution in [0.2, 0.25) is 0 Å². The minimum Gasteiger partial charge on any atom is -0.463 e. The van der Waals surface area contributed by atoms with Gasteiger partial charge in [0.05, 0.1) is 29.9 Å². The van der Waals surface area contributed by atoms with E-state index in [4.69, 9.17) is 9.47 Å². The summed E-state index contributed by atoms with van der Waals surface area (Å²) in [6.45, 7) is 13.6. The van der Waals surface area contributed by atoms with Crippen LogP contribution in [-0.2, 0) is 19.1 Å². The van der Waals surface area contributed by atoms with E-state index in [-0.39, 0.29) is 19.2 Å². The van der Waals surface area contributed by atoms with Gasteiger partial charge in [0.15, 0.2) is 0 Å². The number of carbonyl (C=O) groups excluding carboxylic acids is 2. The summed E-state index contributed by atoms with van der Waals surface area (Å²) < 4.78 is 14.8. The number of benzene rings is 1. The van der Waals surface area contributed by atoms with Gasteiger partial charge < -0.3 is 19.8 Å². The van der Waals surface area contributed by atoms with Crippen molar-refractivity contribution in [2.24, 2.45) is 5.41 Å². The fraction of sp³-hybridized carbons (Fsp3) is 0.417. The van der Waals surface area contributed by atoms with Gasteiger partial charge in [-0.3, -0.25) is 10.2 Å². The molecule has 0 bridgehead atoms. The number of nitriles is 1. The molecule has 2 N–H and O–H groups in total. The number of carbonyl (C=O) groups is 2. The number of hydrogen-bond acceptors (Lipinski definition) is 10. The van der Waals surface area contributed by atoms with E-state index >= 15 is 0 Å². The first kappa shape index (κ1) is 26.7. The summed E-state index contributed by atoms with van der Waals surface area (Å²) in [7, 11) is 0. The standard InChI is InChI=1S/C24H31N5O4S/c1-16(2)22(30)32-13-11-29(12-14-33-23(31)24(4,5)6)19-9-7-18(8-10-19)26-27-21-20(15-25)17(3)28-34-21/h7-10,26-27H,1,11-14H2,2-6H3. The smallest absolute Gasteiger partial charge is 0.333 e. The van der Waals surface area contributed by atoms with Crippen LogP contribution < -0.4 is 15.8 Å². The van der Waals surface area contributed by atoms with Crippen molar-refractivity contribution in [3.63, 3.8) is 0 Å². The van der Waals surface area contributed by atoms with Crippen molar-refractivity contribution in [2.45, 2.75) is 34.6 Å². The summed E-state index contributed by atoms with van der Waals surface area (Å²) >= 11 is 1.21. The fourth-order valence-corrected chi connectivity index (χ4v) is 3.38. The first-order valence-electron chi connectivity index (χ1n) is 10.8. The van der Waals surface area contributed by atoms with Gasteiger partial charge in [-0.25, -0.2) is 4.79 Å². The zero-order chi connectivity index (χ0) is 25.3. The molecule has 9 nitrogen and oxygen atoms in total. The van der Waals surface area contributed by atoms with Gasteiger partial charge in [0, 0.05) is 11.3 Å². The van der Waals surface area contributed by atoms with Crippen molar-refractivity contribution < 1.29 is 19.1 Å². The van der Waals surface area contributed by atoms with E-state index < -0.39 is 11.4 Å². The Bertz CT molecular complexity index is 1050. The number of hydrazine groups is 1. The Morgan fingerprint density at radius 3 is 2.32 bits per heavy atom. The highest BCUT2D eigenvalue weighted by Crippen LogP contribution is 2.24. The number of nitrogens with one attached hydrogen (secondary N) is 2. The highest BCUT2D eigenvalue weighted by Gasteiger charge is 2.23. The lowest BCUT2D eigenvalue weighted by Gasteiger charge is -2.26. The largest absolute Gasteiger partial charge is 0.463 e. The molecule has 0 saturated heterocycles. The molecule has 34 heavy (non-hydrogen) atoms. The Hall–Kier alpha value is -3.58. The Kier molecular flexibility index (Phi) is 9.45. The quantitative estimate of drug-likeness (QED) is 0.273. The number of aryl methyl sites for hydroxylation is 1. The molecule has 1 heterocycles. The Morgan fingerprint density at radius 2 is 1.76 bits per heavy atom. The molecule has 1 aromatic carbocycles. The van der Waals surface area contributed by atoms with Crippen LogP contribution in [0, 0.1) is 23.7 Å². The van der Waals surface area contributed by atoms with Crippen LogP contribution in [0.1, 0.15) is 39.0 Å². The molecule has 0 saturated carbocycles. The van der Waals surface area contributed by atoms with Crippen molar-refractivity contribution in [1.29, 1.82) is 5.26 Å². The van der Waals surface area contributed by atoms with Crippen molar-refractivity contribution >= 4 is 39.8 Å². The third kappa shape index (κ3) is 7.78. The van der Waals surface area contributed by atoms with Gasteiger partial charge in [0.1, 0.15) is 29.8 Å². The Morgan fingerprint density at radius 1 is 1.15 bits per heavy atom. The summed E-state index contributed by atoms with van der Waals surface area (Å²) in [6, 6.07) is 9.68. The second kappa shape index (κ2) is 12.0. The number of esters is 2. The van der Waals surface area contributed by atoms with E-state index in [0.717, 1.165) is 11.4 Å². The van der Waals surface area contributed by atoms with Crippen molar-refractivity contribution in [3.8, 4) is 6.07 Å². The minimum atomic E-state index is -0.579. The molecule has 0 spiro atoms. The maximum absolute atomic E-state index is 12.1. The van der Waals surface area contributed by atoms with Crippen molar-refractivity contribution in [3.05, 3.63) is 47.7 Å². The third-order valence-corrected chi connectivity index (χ3v) is 5.53. The van der Waals surface area contributed by atoms with Crippen LogP contribution in [0.4, 0.5) is 16.4 Å². The van der Waals surface area contributed by atoms with E-state index in [0.29, 0.717) is 34.9 Å². The van der Waals surface area contributed by atoms with Gasteiger partial charge >= 0.3 is 11.9 Å². The predicted molar refractivity (Wildman–Crippen MR) is 134 cm³/mol. The van der Waals surface area contributed by atoms with Crippen LogP contribution in [0.3, 0.4) is 0 Å². The maximum Gasteiger partial charge on any atom is 0.333 e. The van der Waals surface area contributed by atoms with Crippen molar-refractivity contribution in [2.75, 3.05) is 42.1 Å². The Balaban J connectivity index is 2.02. The molecule has 0 amide bonds. The van der Waals surface area contributed by atoms with E-state index in [2.05, 4.69) is 27.9 Å². The molecule has 0 aliphatic heterocycles. The molecule has 182 valence electrons. The molecule has 0 radical (unpaired) electrons. The lowest BCUT2D eigenvalue weighted by molar-refractivity contribution is -0.152. The second-order valence-electron chi connectivity index (χ2n) is 8.67. The summed E-state index contributed by atoms with van der Waals surface area (Å²) in [5.41, 5.74) is 8.68. The molecule has 2 aromatic rings. The van der Waals surface area contributed by atoms with Gasteiger partial charge in [-0.15, -0.1) is 0 Å². The molecule has 1 aromatic heterocycles. The molecule has 0 atom stereocenters. The summed E-state index contributed by atoms with van der Waals surface area (Å²) in [6.07, 6.45) is 0. The van der Waals surface area contributed by atoms with Gasteiger partial charge in [-0.05, 0) is 70.4 Å². The van der Waals surface area contributed by atoms with Crippen LogP contribution in [0.5, 0.6) is 0 Å². The van der Waals surface area contributed by atoms with Gasteiger partial charge in [-0.2, -0.15) is 9.64 Å². The molecule has 0 fully saturated rings.